The van der Waals surface area contributed by atoms with Crippen LogP contribution in [0.15, 0.2) is 11.4 Å². The number of nitrogens with one attached hydrogen (secondary N) is 1. The van der Waals surface area contributed by atoms with Gasteiger partial charge in [0.05, 0.1) is 11.1 Å². The minimum atomic E-state index is -0.982. The summed E-state index contributed by atoms with van der Waals surface area (Å²) in [5, 5.41) is 24.4. The van der Waals surface area contributed by atoms with E-state index in [1.807, 2.05) is 0 Å². The van der Waals surface area contributed by atoms with E-state index in [1.54, 1.807) is 32.2 Å². The Labute approximate surface area is 124 Å². The number of aliphatic hydroxyl groups excluding tert-OH is 2. The first-order valence-corrected chi connectivity index (χ1v) is 7.73. The van der Waals surface area contributed by atoms with Gasteiger partial charge in [-0.15, -0.1) is 11.3 Å². The minimum Gasteiger partial charge on any atom is -0.444 e. The molecule has 1 aromatic rings. The van der Waals surface area contributed by atoms with Gasteiger partial charge in [0, 0.05) is 5.33 Å². The number of carbonyl (C=O) groups excluding carboxylic acids is 1. The quantitative estimate of drug-likeness (QED) is 0.728. The summed E-state index contributed by atoms with van der Waals surface area (Å²) in [6.45, 7) is 5.34. The van der Waals surface area contributed by atoms with E-state index >= 15 is 0 Å². The molecule has 0 aliphatic carbocycles. The molecule has 0 radical (unpaired) electrons. The fourth-order valence-electron chi connectivity index (χ4n) is 1.28. The summed E-state index contributed by atoms with van der Waals surface area (Å²) in [5.74, 6) is 0. The summed E-state index contributed by atoms with van der Waals surface area (Å²) in [4.78, 5) is 11.6. The van der Waals surface area contributed by atoms with Crippen molar-refractivity contribution in [3.63, 3.8) is 0 Å². The van der Waals surface area contributed by atoms with Crippen LogP contribution in [0.3, 0.4) is 0 Å². The zero-order valence-electron chi connectivity index (χ0n) is 11.0. The molecule has 2 atom stereocenters. The number of hydrogen-bond donors (Lipinski definition) is 3. The van der Waals surface area contributed by atoms with Gasteiger partial charge in [-0.2, -0.15) is 0 Å². The number of halogens is 1. The first-order valence-electron chi connectivity index (χ1n) is 5.73. The average molecular weight is 352 g/mol. The summed E-state index contributed by atoms with van der Waals surface area (Å²) in [7, 11) is 0. The highest BCUT2D eigenvalue weighted by Crippen LogP contribution is 2.28. The fourth-order valence-corrected chi connectivity index (χ4v) is 2.45. The first-order chi connectivity index (χ1) is 8.73. The van der Waals surface area contributed by atoms with E-state index in [9.17, 15) is 15.0 Å². The molecule has 0 aliphatic rings. The lowest BCUT2D eigenvalue weighted by molar-refractivity contribution is 0.0345. The molecular formula is C12H18BrNO4S. The fraction of sp³-hybridized carbons (Fsp3) is 0.583. The lowest BCUT2D eigenvalue weighted by Crippen LogP contribution is -2.27. The molecule has 1 aromatic heterocycles. The van der Waals surface area contributed by atoms with Gasteiger partial charge in [0.25, 0.3) is 0 Å². The number of ether oxygens (including phenoxy) is 1. The average Bonchev–Trinajstić information content (AvgIpc) is 2.72. The van der Waals surface area contributed by atoms with Gasteiger partial charge < -0.3 is 14.9 Å². The topological polar surface area (TPSA) is 78.8 Å². The van der Waals surface area contributed by atoms with Crippen molar-refractivity contribution in [2.45, 2.75) is 38.6 Å². The molecule has 0 aliphatic heterocycles. The van der Waals surface area contributed by atoms with Gasteiger partial charge in [-0.25, -0.2) is 4.79 Å². The Hall–Kier alpha value is -0.630. The van der Waals surface area contributed by atoms with Crippen molar-refractivity contribution in [1.82, 2.24) is 0 Å². The molecule has 0 aromatic carbocycles. The molecule has 0 bridgehead atoms. The van der Waals surface area contributed by atoms with E-state index < -0.39 is 23.9 Å². The van der Waals surface area contributed by atoms with Crippen molar-refractivity contribution in [1.29, 1.82) is 0 Å². The molecule has 0 fully saturated rings. The standard InChI is InChI=1S/C12H18BrNO4S/c1-12(2,3)18-11(17)14-9-4-7(6-19-9)10(16)8(15)5-13/h4,6,8,10,15-16H,5H2,1-3H3,(H,14,17). The van der Waals surface area contributed by atoms with Gasteiger partial charge >= 0.3 is 6.09 Å². The molecule has 3 N–H and O–H groups in total. The molecule has 19 heavy (non-hydrogen) atoms. The van der Waals surface area contributed by atoms with E-state index in [2.05, 4.69) is 21.2 Å². The highest BCUT2D eigenvalue weighted by atomic mass is 79.9. The van der Waals surface area contributed by atoms with Crippen molar-refractivity contribution in [2.75, 3.05) is 10.6 Å². The first kappa shape index (κ1) is 16.4. The van der Waals surface area contributed by atoms with Crippen LogP contribution >= 0.6 is 27.3 Å². The molecule has 7 heteroatoms. The zero-order chi connectivity index (χ0) is 14.6. The Bertz CT molecular complexity index is 430. The van der Waals surface area contributed by atoms with Crippen LogP contribution in [-0.4, -0.2) is 33.3 Å². The number of hydrogen-bond acceptors (Lipinski definition) is 5. The van der Waals surface area contributed by atoms with Crippen LogP contribution in [0, 0.1) is 0 Å². The molecule has 0 saturated heterocycles. The van der Waals surface area contributed by atoms with Crippen LogP contribution in [0.4, 0.5) is 9.80 Å². The van der Waals surface area contributed by atoms with Gasteiger partial charge in [0.15, 0.2) is 0 Å². The lowest BCUT2D eigenvalue weighted by Gasteiger charge is -2.19. The third-order valence-electron chi connectivity index (χ3n) is 2.11. The van der Waals surface area contributed by atoms with Crippen LogP contribution in [-0.2, 0) is 4.74 Å². The van der Waals surface area contributed by atoms with Crippen LogP contribution in [0.2, 0.25) is 0 Å². The second-order valence-electron chi connectivity index (χ2n) is 5.04. The Morgan fingerprint density at radius 2 is 2.16 bits per heavy atom. The van der Waals surface area contributed by atoms with Gasteiger partial charge in [-0.05, 0) is 37.8 Å². The predicted octanol–water partition coefficient (Wildman–Crippen LogP) is 2.88. The smallest absolute Gasteiger partial charge is 0.412 e. The molecule has 0 saturated carbocycles. The summed E-state index contributed by atoms with van der Waals surface area (Å²) in [6.07, 6.45) is -2.41. The van der Waals surface area contributed by atoms with E-state index in [1.165, 1.54) is 11.3 Å². The van der Waals surface area contributed by atoms with Crippen molar-refractivity contribution in [3.8, 4) is 0 Å². The second-order valence-corrected chi connectivity index (χ2v) is 6.60. The Morgan fingerprint density at radius 1 is 1.53 bits per heavy atom. The van der Waals surface area contributed by atoms with Crippen LogP contribution in [0.5, 0.6) is 0 Å². The number of aliphatic hydroxyl groups is 2. The highest BCUT2D eigenvalue weighted by Gasteiger charge is 2.20. The normalized spacial score (nSPS) is 14.8. The Kier molecular flexibility index (Phi) is 5.79. The number of thiophene rings is 1. The van der Waals surface area contributed by atoms with Gasteiger partial charge in [0.1, 0.15) is 11.7 Å². The molecule has 108 valence electrons. The van der Waals surface area contributed by atoms with Gasteiger partial charge in [-0.1, -0.05) is 15.9 Å². The molecule has 1 heterocycles. The summed E-state index contributed by atoms with van der Waals surface area (Å²) in [5.41, 5.74) is -0.00134. The number of anilines is 1. The van der Waals surface area contributed by atoms with E-state index in [0.29, 0.717) is 10.6 Å². The number of amides is 1. The molecule has 1 amide bonds. The Balaban J connectivity index is 2.63. The van der Waals surface area contributed by atoms with Gasteiger partial charge in [-0.3, -0.25) is 5.32 Å². The summed E-state index contributed by atoms with van der Waals surface area (Å²) in [6, 6.07) is 1.62. The van der Waals surface area contributed by atoms with E-state index in [4.69, 9.17) is 4.74 Å². The maximum absolute atomic E-state index is 11.6. The highest BCUT2D eigenvalue weighted by molar-refractivity contribution is 9.09. The maximum Gasteiger partial charge on any atom is 0.412 e. The second kappa shape index (κ2) is 6.69. The maximum atomic E-state index is 11.6. The largest absolute Gasteiger partial charge is 0.444 e. The predicted molar refractivity (Wildman–Crippen MR) is 78.9 cm³/mol. The van der Waals surface area contributed by atoms with Crippen molar-refractivity contribution >= 4 is 38.4 Å². The molecular weight excluding hydrogens is 334 g/mol. The third kappa shape index (κ3) is 5.48. The number of alkyl halides is 1. The molecule has 0 spiro atoms. The number of rotatable bonds is 4. The number of carbonyl (C=O) groups is 1. The van der Waals surface area contributed by atoms with Crippen LogP contribution in [0.1, 0.15) is 32.4 Å². The Morgan fingerprint density at radius 3 is 2.68 bits per heavy atom. The van der Waals surface area contributed by atoms with Crippen LogP contribution in [0.25, 0.3) is 0 Å². The zero-order valence-corrected chi connectivity index (χ0v) is 13.4. The molecule has 1 rings (SSSR count). The van der Waals surface area contributed by atoms with Gasteiger partial charge in [0.2, 0.25) is 0 Å². The molecule has 5 nitrogen and oxygen atoms in total. The lowest BCUT2D eigenvalue weighted by atomic mass is 10.1. The summed E-state index contributed by atoms with van der Waals surface area (Å²) < 4.78 is 5.12. The minimum absolute atomic E-state index is 0.277. The van der Waals surface area contributed by atoms with E-state index in [-0.39, 0.29) is 5.33 Å². The third-order valence-corrected chi connectivity index (χ3v) is 3.64. The SMILES string of the molecule is CC(C)(C)OC(=O)Nc1cc(C(O)C(O)CBr)cs1. The van der Waals surface area contributed by atoms with Crippen molar-refractivity contribution in [3.05, 3.63) is 17.0 Å². The van der Waals surface area contributed by atoms with Crippen LogP contribution < -0.4 is 5.32 Å². The van der Waals surface area contributed by atoms with E-state index in [0.717, 1.165) is 0 Å². The monoisotopic (exact) mass is 351 g/mol. The van der Waals surface area contributed by atoms with Crippen molar-refractivity contribution < 1.29 is 19.7 Å². The summed E-state index contributed by atoms with van der Waals surface area (Å²) >= 11 is 4.36. The molecule has 2 unspecified atom stereocenters. The van der Waals surface area contributed by atoms with Crippen molar-refractivity contribution in [2.24, 2.45) is 0 Å².